The number of rotatable bonds is 5. The highest BCUT2D eigenvalue weighted by Gasteiger charge is 2.62. The van der Waals surface area contributed by atoms with Crippen molar-refractivity contribution in [3.8, 4) is 5.75 Å². The minimum absolute atomic E-state index is 0.000725. The zero-order valence-electron chi connectivity index (χ0n) is 19.7. The molecule has 2 aromatic rings. The highest BCUT2D eigenvalue weighted by atomic mass is 32.3. The Morgan fingerprint density at radius 2 is 2.00 bits per heavy atom. The van der Waals surface area contributed by atoms with E-state index in [1.165, 1.54) is 24.4 Å². The zero-order valence-corrected chi connectivity index (χ0v) is 20.5. The maximum absolute atomic E-state index is 15.2. The number of pyridine rings is 2. The third kappa shape index (κ3) is 4.24. The second kappa shape index (κ2) is 9.26. The summed E-state index contributed by atoms with van der Waals surface area (Å²) in [5, 5.41) is 13.6. The number of anilines is 1. The van der Waals surface area contributed by atoms with Crippen molar-refractivity contribution in [3.05, 3.63) is 47.7 Å². The number of amides is 2. The van der Waals surface area contributed by atoms with Gasteiger partial charge in [-0.05, 0) is 51.5 Å². The van der Waals surface area contributed by atoms with Crippen LogP contribution in [0.5, 0.6) is 5.75 Å². The van der Waals surface area contributed by atoms with Gasteiger partial charge in [-0.25, -0.2) is 23.5 Å². The largest absolute Gasteiger partial charge is 0.465 e. The molecule has 0 aromatic carbocycles. The average Bonchev–Trinajstić information content (AvgIpc) is 3.24. The monoisotopic (exact) mass is 524 g/mol. The Bertz CT molecular complexity index is 1230. The lowest BCUT2D eigenvalue weighted by atomic mass is 9.89. The van der Waals surface area contributed by atoms with Crippen molar-refractivity contribution in [3.63, 3.8) is 0 Å². The number of amidine groups is 1. The number of fused-ring (bicyclic) bond motifs is 1. The van der Waals surface area contributed by atoms with Gasteiger partial charge in [-0.15, -0.1) is 0 Å². The van der Waals surface area contributed by atoms with Crippen LogP contribution in [0.4, 0.5) is 19.4 Å². The molecule has 4 heterocycles. The molecule has 1 saturated heterocycles. The summed E-state index contributed by atoms with van der Waals surface area (Å²) in [7, 11) is -2.73. The topological polar surface area (TPSA) is 158 Å². The fourth-order valence-electron chi connectivity index (χ4n) is 4.55. The Morgan fingerprint density at radius 1 is 1.25 bits per heavy atom. The molecule has 0 bridgehead atoms. The molecule has 0 aliphatic carbocycles. The number of alkyl halides is 1. The van der Waals surface area contributed by atoms with E-state index in [1.807, 2.05) is 0 Å². The van der Waals surface area contributed by atoms with Crippen LogP contribution in [0.25, 0.3) is 0 Å². The van der Waals surface area contributed by atoms with Gasteiger partial charge in [-0.3, -0.25) is 19.8 Å². The smallest absolute Gasteiger partial charge is 0.410 e. The van der Waals surface area contributed by atoms with Crippen molar-refractivity contribution >= 4 is 34.1 Å². The molecular formula is C22H26F2N6O5S. The highest BCUT2D eigenvalue weighted by molar-refractivity contribution is 8.29. The van der Waals surface area contributed by atoms with Gasteiger partial charge in [0.05, 0.1) is 16.2 Å². The first-order valence-electron chi connectivity index (χ1n) is 10.9. The maximum atomic E-state index is 15.2. The van der Waals surface area contributed by atoms with Gasteiger partial charge in [-0.1, -0.05) is 10.5 Å². The van der Waals surface area contributed by atoms with E-state index in [1.54, 1.807) is 20.8 Å². The number of aromatic nitrogens is 2. The van der Waals surface area contributed by atoms with E-state index in [0.717, 1.165) is 6.07 Å². The van der Waals surface area contributed by atoms with Gasteiger partial charge >= 0.3 is 6.09 Å². The Kier molecular flexibility index (Phi) is 6.62. The van der Waals surface area contributed by atoms with E-state index in [4.69, 9.17) is 0 Å². The predicted octanol–water partition coefficient (Wildman–Crippen LogP) is 3.40. The minimum atomic E-state index is -2.73. The van der Waals surface area contributed by atoms with Gasteiger partial charge < -0.3 is 19.7 Å². The standard InChI is InChI=1S/C22H26F2N6O5S/c1-21(2)19(29-20(32)33)30-22(3,15-8-9-26-36(15,21)34)17-13(24)5-7-16(27-17)28-18(31)14-6-4-12(10-25-14)35-11-23/h4-7,10,15,26,34H,8-9,11H2,1-3H3,(H,29,30)(H,32,33)(H,27,28,31)/t15-,22-/m0/s1. The first-order chi connectivity index (χ1) is 16.9. The zero-order chi connectivity index (χ0) is 26.3. The molecule has 4 rings (SSSR count). The van der Waals surface area contributed by atoms with Crippen LogP contribution in [-0.4, -0.2) is 60.9 Å². The van der Waals surface area contributed by atoms with Crippen LogP contribution in [0.3, 0.4) is 0 Å². The van der Waals surface area contributed by atoms with Crippen molar-refractivity contribution < 1.29 is 32.8 Å². The van der Waals surface area contributed by atoms with Crippen molar-refractivity contribution in [1.82, 2.24) is 20.0 Å². The molecule has 0 radical (unpaired) electrons. The summed E-state index contributed by atoms with van der Waals surface area (Å²) >= 11 is 0. The maximum Gasteiger partial charge on any atom is 0.410 e. The predicted molar refractivity (Wildman–Crippen MR) is 130 cm³/mol. The molecule has 1 fully saturated rings. The van der Waals surface area contributed by atoms with Crippen LogP contribution in [0.15, 0.2) is 35.5 Å². The molecule has 194 valence electrons. The molecule has 0 spiro atoms. The second-order valence-electron chi connectivity index (χ2n) is 8.96. The van der Waals surface area contributed by atoms with Crippen LogP contribution in [0.2, 0.25) is 0 Å². The number of hydrogen-bond donors (Lipinski definition) is 5. The first kappa shape index (κ1) is 25.7. The van der Waals surface area contributed by atoms with Crippen LogP contribution < -0.4 is 20.1 Å². The third-order valence-electron chi connectivity index (χ3n) is 6.44. The molecule has 1 unspecified atom stereocenters. The number of nitrogens with zero attached hydrogens (tertiary/aromatic N) is 3. The lowest BCUT2D eigenvalue weighted by molar-refractivity contribution is 0.102. The van der Waals surface area contributed by atoms with E-state index < -0.39 is 50.7 Å². The number of hydrogen-bond acceptors (Lipinski definition) is 8. The molecule has 2 amide bonds. The number of carbonyl (C=O) groups is 2. The Morgan fingerprint density at radius 3 is 2.64 bits per heavy atom. The molecule has 3 atom stereocenters. The number of nitrogens with one attached hydrogen (secondary N) is 3. The Hall–Kier alpha value is -3.36. The fraction of sp³-hybridized carbons (Fsp3) is 0.409. The summed E-state index contributed by atoms with van der Waals surface area (Å²) in [6.07, 6.45) is 0.268. The Balaban J connectivity index is 1.72. The number of carbonyl (C=O) groups excluding carboxylic acids is 1. The summed E-state index contributed by atoms with van der Waals surface area (Å²) in [6, 6.07) is 5.08. The van der Waals surface area contributed by atoms with E-state index >= 15 is 4.39 Å². The molecule has 36 heavy (non-hydrogen) atoms. The molecule has 2 aliphatic heterocycles. The molecular weight excluding hydrogens is 498 g/mol. The van der Waals surface area contributed by atoms with Crippen molar-refractivity contribution in [2.24, 2.45) is 4.99 Å². The number of aliphatic imine (C=N–C) groups is 1. The quantitative estimate of drug-likeness (QED) is 0.398. The van der Waals surface area contributed by atoms with Crippen LogP contribution in [-0.2, 0) is 5.54 Å². The SMILES string of the molecule is CC1(C)C(NC(=O)O)=N[C@](C)(c2nc(NC(=O)c3ccc(OCF)cn3)ccc2F)[C@@H]2CCNS21O. The van der Waals surface area contributed by atoms with Gasteiger partial charge in [0.15, 0.2) is 0 Å². The summed E-state index contributed by atoms with van der Waals surface area (Å²) in [5.74, 6) is -1.25. The molecule has 5 N–H and O–H groups in total. The molecule has 11 nitrogen and oxygen atoms in total. The lowest BCUT2D eigenvalue weighted by Crippen LogP contribution is -2.59. The van der Waals surface area contributed by atoms with Gasteiger partial charge in [-0.2, -0.15) is 0 Å². The molecule has 2 aliphatic rings. The highest BCUT2D eigenvalue weighted by Crippen LogP contribution is 2.67. The van der Waals surface area contributed by atoms with Crippen LogP contribution in [0.1, 0.15) is 43.4 Å². The van der Waals surface area contributed by atoms with Crippen molar-refractivity contribution in [2.45, 2.75) is 42.7 Å². The van der Waals surface area contributed by atoms with Crippen molar-refractivity contribution in [2.75, 3.05) is 18.7 Å². The fourth-order valence-corrected chi connectivity index (χ4v) is 7.93. The van der Waals surface area contributed by atoms with Crippen molar-refractivity contribution in [1.29, 1.82) is 0 Å². The van der Waals surface area contributed by atoms with Gasteiger partial charge in [0.1, 0.15) is 40.1 Å². The number of carboxylic acid groups (broad SMARTS) is 1. The van der Waals surface area contributed by atoms with E-state index in [9.17, 15) is 23.6 Å². The molecule has 14 heteroatoms. The summed E-state index contributed by atoms with van der Waals surface area (Å²) in [6.45, 7) is 4.34. The van der Waals surface area contributed by atoms with E-state index in [-0.39, 0.29) is 28.8 Å². The Labute approximate surface area is 207 Å². The van der Waals surface area contributed by atoms with Crippen LogP contribution in [0, 0.1) is 5.82 Å². The summed E-state index contributed by atoms with van der Waals surface area (Å²) in [5.41, 5.74) is -1.61. The summed E-state index contributed by atoms with van der Waals surface area (Å²) in [4.78, 5) is 37.0. The van der Waals surface area contributed by atoms with Gasteiger partial charge in [0.2, 0.25) is 6.86 Å². The third-order valence-corrected chi connectivity index (χ3v) is 10.4. The first-order valence-corrected chi connectivity index (χ1v) is 12.6. The molecule has 0 saturated carbocycles. The van der Waals surface area contributed by atoms with E-state index in [0.29, 0.717) is 13.0 Å². The number of ether oxygens (including phenoxy) is 1. The average molecular weight is 525 g/mol. The van der Waals surface area contributed by atoms with Gasteiger partial charge in [0.25, 0.3) is 5.91 Å². The van der Waals surface area contributed by atoms with Crippen LogP contribution >= 0.6 is 10.5 Å². The second-order valence-corrected chi connectivity index (χ2v) is 12.1. The van der Waals surface area contributed by atoms with E-state index in [2.05, 4.69) is 35.1 Å². The normalized spacial score (nSPS) is 28.3. The lowest BCUT2D eigenvalue weighted by Gasteiger charge is -2.56. The molecule has 2 aromatic heterocycles. The number of halogens is 2. The summed E-state index contributed by atoms with van der Waals surface area (Å²) < 4.78 is 45.9. The minimum Gasteiger partial charge on any atom is -0.465 e. The van der Waals surface area contributed by atoms with Gasteiger partial charge in [0, 0.05) is 6.54 Å².